The average molecular weight is 323 g/mol. The van der Waals surface area contributed by atoms with Gasteiger partial charge in [-0.1, -0.05) is 6.07 Å². The smallest absolute Gasteiger partial charge is 0.425 e. The Morgan fingerprint density at radius 1 is 1.04 bits per heavy atom. The van der Waals surface area contributed by atoms with E-state index in [4.69, 9.17) is 15.2 Å². The van der Waals surface area contributed by atoms with Crippen LogP contribution in [0, 0.1) is 0 Å². The molecule has 0 aliphatic heterocycles. The predicted octanol–water partition coefficient (Wildman–Crippen LogP) is 3.22. The highest BCUT2D eigenvalue weighted by Crippen LogP contribution is 2.20. The van der Waals surface area contributed by atoms with Gasteiger partial charge in [0.25, 0.3) is 0 Å². The zero-order valence-corrected chi connectivity index (χ0v) is 14.5. The monoisotopic (exact) mass is 323 g/mol. The van der Waals surface area contributed by atoms with Gasteiger partial charge in [0.05, 0.1) is 0 Å². The number of carbonyl (C=O) groups excluding carboxylic acids is 2. The van der Waals surface area contributed by atoms with E-state index in [1.165, 1.54) is 12.3 Å². The summed E-state index contributed by atoms with van der Waals surface area (Å²) in [5, 5.41) is 0. The number of hydrogen-bond donors (Lipinski definition) is 1. The first kappa shape index (κ1) is 18.9. The van der Waals surface area contributed by atoms with E-state index in [0.29, 0.717) is 6.54 Å². The van der Waals surface area contributed by atoms with Crippen LogP contribution in [-0.4, -0.2) is 28.4 Å². The number of aromatic nitrogens is 1. The Morgan fingerprint density at radius 2 is 1.52 bits per heavy atom. The lowest BCUT2D eigenvalue weighted by atomic mass is 10.2. The second kappa shape index (κ2) is 6.95. The first-order valence-electron chi connectivity index (χ1n) is 7.34. The van der Waals surface area contributed by atoms with Crippen LogP contribution in [0.2, 0.25) is 0 Å². The van der Waals surface area contributed by atoms with Crippen molar-refractivity contribution < 1.29 is 19.1 Å². The molecule has 1 aromatic rings. The summed E-state index contributed by atoms with van der Waals surface area (Å²) in [6.07, 6.45) is -0.198. The Morgan fingerprint density at radius 3 is 1.83 bits per heavy atom. The molecule has 0 radical (unpaired) electrons. The van der Waals surface area contributed by atoms with E-state index in [9.17, 15) is 9.59 Å². The van der Waals surface area contributed by atoms with E-state index in [2.05, 4.69) is 4.98 Å². The lowest BCUT2D eigenvalue weighted by Crippen LogP contribution is -2.44. The summed E-state index contributed by atoms with van der Waals surface area (Å²) in [6.45, 7) is 10.6. The van der Waals surface area contributed by atoms with Crippen LogP contribution in [0.1, 0.15) is 47.1 Å². The van der Waals surface area contributed by atoms with Crippen LogP contribution >= 0.6 is 0 Å². The first-order valence-corrected chi connectivity index (χ1v) is 7.34. The van der Waals surface area contributed by atoms with Crippen molar-refractivity contribution in [1.82, 2.24) is 4.98 Å². The topological polar surface area (TPSA) is 94.8 Å². The number of amides is 2. The Kier molecular flexibility index (Phi) is 5.71. The lowest BCUT2D eigenvalue weighted by molar-refractivity contribution is 0.0429. The molecule has 0 saturated carbocycles. The molecule has 2 N–H and O–H groups in total. The number of imide groups is 1. The largest absolute Gasteiger partial charge is 0.443 e. The molecular weight excluding hydrogens is 298 g/mol. The number of hydrogen-bond acceptors (Lipinski definition) is 6. The first-order chi connectivity index (χ1) is 10.4. The summed E-state index contributed by atoms with van der Waals surface area (Å²) in [5.74, 6) is 0.116. The molecule has 0 aliphatic rings. The molecule has 23 heavy (non-hydrogen) atoms. The number of anilines is 1. The maximum absolute atomic E-state index is 12.4. The molecule has 0 fully saturated rings. The molecule has 1 aromatic heterocycles. The van der Waals surface area contributed by atoms with Crippen molar-refractivity contribution in [3.05, 3.63) is 23.9 Å². The fraction of sp³-hybridized carbons (Fsp3) is 0.562. The summed E-state index contributed by atoms with van der Waals surface area (Å²) in [7, 11) is 0. The van der Waals surface area contributed by atoms with Crippen LogP contribution in [0.5, 0.6) is 0 Å². The lowest BCUT2D eigenvalue weighted by Gasteiger charge is -2.28. The molecule has 7 nitrogen and oxygen atoms in total. The van der Waals surface area contributed by atoms with Crippen molar-refractivity contribution in [2.75, 3.05) is 4.90 Å². The highest BCUT2D eigenvalue weighted by Gasteiger charge is 2.33. The summed E-state index contributed by atoms with van der Waals surface area (Å²) >= 11 is 0. The Balaban J connectivity index is 3.14. The minimum Gasteiger partial charge on any atom is -0.443 e. The van der Waals surface area contributed by atoms with Crippen molar-refractivity contribution in [2.24, 2.45) is 5.73 Å². The number of pyridine rings is 1. The molecule has 0 aliphatic carbocycles. The summed E-state index contributed by atoms with van der Waals surface area (Å²) in [5.41, 5.74) is 4.79. The van der Waals surface area contributed by atoms with Crippen LogP contribution in [0.15, 0.2) is 18.3 Å². The van der Waals surface area contributed by atoms with E-state index in [0.717, 1.165) is 10.5 Å². The van der Waals surface area contributed by atoms with E-state index in [1.807, 2.05) is 0 Å². The van der Waals surface area contributed by atoms with Crippen molar-refractivity contribution in [3.63, 3.8) is 0 Å². The molecule has 0 atom stereocenters. The molecule has 0 unspecified atom stereocenters. The number of rotatable bonds is 2. The van der Waals surface area contributed by atoms with Gasteiger partial charge in [-0.15, -0.1) is 0 Å². The molecule has 128 valence electrons. The van der Waals surface area contributed by atoms with E-state index < -0.39 is 23.4 Å². The minimum atomic E-state index is -0.847. The standard InChI is InChI=1S/C16H25N3O4/c1-15(2,3)22-13(20)19(14(21)23-16(4,5)6)12-8-7-11(9-17)10-18-12/h7-8,10H,9,17H2,1-6H3. The fourth-order valence-electron chi connectivity index (χ4n) is 1.55. The SMILES string of the molecule is CC(C)(C)OC(=O)N(C(=O)OC(C)(C)C)c1ccc(CN)cn1. The predicted molar refractivity (Wildman–Crippen MR) is 87.1 cm³/mol. The zero-order valence-electron chi connectivity index (χ0n) is 14.5. The number of carbonyl (C=O) groups is 2. The molecular formula is C16H25N3O4. The third kappa shape index (κ3) is 6.23. The van der Waals surface area contributed by atoms with E-state index in [-0.39, 0.29) is 5.82 Å². The van der Waals surface area contributed by atoms with Crippen molar-refractivity contribution >= 4 is 18.0 Å². The van der Waals surface area contributed by atoms with Crippen LogP contribution in [0.25, 0.3) is 0 Å². The molecule has 0 bridgehead atoms. The molecule has 0 spiro atoms. The third-order valence-electron chi connectivity index (χ3n) is 2.43. The molecule has 2 amide bonds. The molecule has 1 heterocycles. The van der Waals surface area contributed by atoms with Gasteiger partial charge in [0, 0.05) is 12.7 Å². The Bertz CT molecular complexity index is 528. The molecule has 7 heteroatoms. The highest BCUT2D eigenvalue weighted by molar-refractivity contribution is 6.08. The van der Waals surface area contributed by atoms with Crippen LogP contribution in [0.3, 0.4) is 0 Å². The number of nitrogens with two attached hydrogens (primary N) is 1. The maximum atomic E-state index is 12.4. The van der Waals surface area contributed by atoms with Gasteiger partial charge in [-0.05, 0) is 53.2 Å². The fourth-order valence-corrected chi connectivity index (χ4v) is 1.55. The van der Waals surface area contributed by atoms with Crippen LogP contribution in [0.4, 0.5) is 15.4 Å². The van der Waals surface area contributed by atoms with Crippen LogP contribution < -0.4 is 10.6 Å². The van der Waals surface area contributed by atoms with Gasteiger partial charge in [-0.3, -0.25) is 0 Å². The molecule has 0 aromatic carbocycles. The van der Waals surface area contributed by atoms with Gasteiger partial charge in [-0.25, -0.2) is 14.6 Å². The maximum Gasteiger partial charge on any atom is 0.425 e. The van der Waals surface area contributed by atoms with E-state index in [1.54, 1.807) is 47.6 Å². The molecule has 1 rings (SSSR count). The highest BCUT2D eigenvalue weighted by atomic mass is 16.6. The second-order valence-corrected chi connectivity index (χ2v) is 7.02. The summed E-state index contributed by atoms with van der Waals surface area (Å²) < 4.78 is 10.5. The Labute approximate surface area is 136 Å². The second-order valence-electron chi connectivity index (χ2n) is 7.02. The minimum absolute atomic E-state index is 0.116. The summed E-state index contributed by atoms with van der Waals surface area (Å²) in [4.78, 5) is 29.6. The van der Waals surface area contributed by atoms with Gasteiger partial charge < -0.3 is 15.2 Å². The van der Waals surface area contributed by atoms with Crippen LogP contribution in [-0.2, 0) is 16.0 Å². The van der Waals surface area contributed by atoms with Gasteiger partial charge in [0.15, 0.2) is 0 Å². The number of ether oxygens (including phenoxy) is 2. The number of nitrogens with zero attached hydrogens (tertiary/aromatic N) is 2. The normalized spacial score (nSPS) is 11.8. The van der Waals surface area contributed by atoms with E-state index >= 15 is 0 Å². The average Bonchev–Trinajstić information content (AvgIpc) is 2.35. The molecule has 0 saturated heterocycles. The van der Waals surface area contributed by atoms with Gasteiger partial charge in [-0.2, -0.15) is 4.90 Å². The van der Waals surface area contributed by atoms with Crippen molar-refractivity contribution in [1.29, 1.82) is 0 Å². The third-order valence-corrected chi connectivity index (χ3v) is 2.43. The Hall–Kier alpha value is -2.15. The zero-order chi connectivity index (χ0) is 17.8. The quantitative estimate of drug-likeness (QED) is 0.898. The van der Waals surface area contributed by atoms with Gasteiger partial charge in [0.2, 0.25) is 0 Å². The summed E-state index contributed by atoms with van der Waals surface area (Å²) in [6, 6.07) is 3.21. The van der Waals surface area contributed by atoms with Gasteiger partial charge >= 0.3 is 12.2 Å². The van der Waals surface area contributed by atoms with Crippen molar-refractivity contribution in [2.45, 2.75) is 59.3 Å². The van der Waals surface area contributed by atoms with Gasteiger partial charge in [0.1, 0.15) is 17.0 Å². The van der Waals surface area contributed by atoms with Crippen molar-refractivity contribution in [3.8, 4) is 0 Å².